The van der Waals surface area contributed by atoms with Crippen molar-refractivity contribution in [2.75, 3.05) is 5.32 Å². The summed E-state index contributed by atoms with van der Waals surface area (Å²) < 4.78 is 1.31. The first-order chi connectivity index (χ1) is 14.0. The van der Waals surface area contributed by atoms with Gasteiger partial charge in [-0.05, 0) is 30.2 Å². The van der Waals surface area contributed by atoms with E-state index >= 15 is 0 Å². The number of hydrogen-bond acceptors (Lipinski definition) is 5. The maximum absolute atomic E-state index is 12.6. The van der Waals surface area contributed by atoms with Crippen LogP contribution in [0.2, 0.25) is 0 Å². The van der Waals surface area contributed by atoms with Crippen LogP contribution in [0.4, 0.5) is 5.69 Å². The van der Waals surface area contributed by atoms with Crippen LogP contribution in [0, 0.1) is 0 Å². The number of aromatic nitrogens is 2. The van der Waals surface area contributed by atoms with Crippen molar-refractivity contribution in [2.24, 2.45) is 5.10 Å². The van der Waals surface area contributed by atoms with Crippen LogP contribution in [0.15, 0.2) is 58.4 Å². The molecule has 0 bridgehead atoms. The van der Waals surface area contributed by atoms with Gasteiger partial charge in [-0.1, -0.05) is 37.3 Å². The second kappa shape index (κ2) is 8.92. The third kappa shape index (κ3) is 4.73. The van der Waals surface area contributed by atoms with Gasteiger partial charge in [0.15, 0.2) is 5.69 Å². The molecule has 0 atom stereocenters. The molecule has 148 valence electrons. The quantitative estimate of drug-likeness (QED) is 0.497. The van der Waals surface area contributed by atoms with Gasteiger partial charge in [-0.3, -0.25) is 14.4 Å². The molecule has 0 aliphatic carbocycles. The summed E-state index contributed by atoms with van der Waals surface area (Å²) in [6.45, 7) is 3.80. The van der Waals surface area contributed by atoms with E-state index in [-0.39, 0.29) is 17.2 Å². The number of hydrogen-bond donors (Lipinski definition) is 2. The zero-order valence-electron chi connectivity index (χ0n) is 16.2. The lowest BCUT2D eigenvalue weighted by Crippen LogP contribution is -2.29. The van der Waals surface area contributed by atoms with Crippen LogP contribution < -0.4 is 16.3 Å². The Morgan fingerprint density at radius 1 is 1.10 bits per heavy atom. The van der Waals surface area contributed by atoms with Crippen LogP contribution in [0.3, 0.4) is 0 Å². The molecule has 0 unspecified atom stereocenters. The average molecular weight is 391 g/mol. The molecule has 29 heavy (non-hydrogen) atoms. The molecule has 0 fully saturated rings. The minimum atomic E-state index is -0.503. The van der Waals surface area contributed by atoms with Gasteiger partial charge >= 0.3 is 0 Å². The van der Waals surface area contributed by atoms with Gasteiger partial charge in [-0.25, -0.2) is 10.1 Å². The first-order valence-electron chi connectivity index (χ1n) is 9.20. The van der Waals surface area contributed by atoms with Gasteiger partial charge in [0.1, 0.15) is 0 Å². The molecule has 0 spiro atoms. The number of anilines is 1. The molecule has 3 aromatic rings. The number of carbonyl (C=O) groups excluding carboxylic acids is 2. The Hall–Kier alpha value is -3.81. The SMILES string of the molecule is CCCn1nc(C(=O)N/N=C\c2ccc(NC(C)=O)cc2)c2ccccc2c1=O. The maximum Gasteiger partial charge on any atom is 0.292 e. The van der Waals surface area contributed by atoms with Crippen molar-refractivity contribution in [3.05, 3.63) is 70.1 Å². The van der Waals surface area contributed by atoms with Crippen molar-refractivity contribution in [1.29, 1.82) is 0 Å². The molecular weight excluding hydrogens is 370 g/mol. The van der Waals surface area contributed by atoms with Gasteiger partial charge in [0.2, 0.25) is 5.91 Å². The summed E-state index contributed by atoms with van der Waals surface area (Å²) in [5, 5.41) is 11.8. The number of amides is 2. The maximum atomic E-state index is 12.6. The van der Waals surface area contributed by atoms with Crippen molar-refractivity contribution in [3.63, 3.8) is 0 Å². The van der Waals surface area contributed by atoms with E-state index < -0.39 is 5.91 Å². The molecule has 1 aromatic heterocycles. The summed E-state index contributed by atoms with van der Waals surface area (Å²) in [5.74, 6) is -0.653. The Kier molecular flexibility index (Phi) is 6.13. The lowest BCUT2D eigenvalue weighted by Gasteiger charge is -2.09. The van der Waals surface area contributed by atoms with Gasteiger partial charge < -0.3 is 5.32 Å². The molecule has 8 heteroatoms. The van der Waals surface area contributed by atoms with Crippen molar-refractivity contribution in [2.45, 2.75) is 26.8 Å². The van der Waals surface area contributed by atoms with Crippen molar-refractivity contribution in [1.82, 2.24) is 15.2 Å². The summed E-state index contributed by atoms with van der Waals surface area (Å²) in [5.41, 5.74) is 3.80. The number of nitrogens with zero attached hydrogens (tertiary/aromatic N) is 3. The Labute approximate surface area is 167 Å². The summed E-state index contributed by atoms with van der Waals surface area (Å²) >= 11 is 0. The highest BCUT2D eigenvalue weighted by atomic mass is 16.2. The molecule has 2 N–H and O–H groups in total. The highest BCUT2D eigenvalue weighted by molar-refractivity contribution is 6.05. The van der Waals surface area contributed by atoms with Crippen LogP contribution in [0.5, 0.6) is 0 Å². The average Bonchev–Trinajstić information content (AvgIpc) is 2.71. The highest BCUT2D eigenvalue weighted by Crippen LogP contribution is 2.13. The number of benzene rings is 2. The molecule has 0 radical (unpaired) electrons. The van der Waals surface area contributed by atoms with E-state index in [0.717, 1.165) is 12.0 Å². The number of fused-ring (bicyclic) bond motifs is 1. The second-order valence-corrected chi connectivity index (χ2v) is 6.42. The second-order valence-electron chi connectivity index (χ2n) is 6.42. The molecule has 0 saturated carbocycles. The van der Waals surface area contributed by atoms with Crippen molar-refractivity contribution >= 4 is 34.5 Å². The van der Waals surface area contributed by atoms with E-state index in [1.165, 1.54) is 17.8 Å². The molecule has 1 heterocycles. The van der Waals surface area contributed by atoms with Crippen LogP contribution in [0.1, 0.15) is 36.3 Å². The number of hydrazone groups is 1. The fourth-order valence-electron chi connectivity index (χ4n) is 2.84. The van der Waals surface area contributed by atoms with Gasteiger partial charge in [0, 0.05) is 24.5 Å². The first kappa shape index (κ1) is 19.9. The Bertz CT molecular complexity index is 1130. The minimum absolute atomic E-state index is 0.145. The monoisotopic (exact) mass is 391 g/mol. The predicted octanol–water partition coefficient (Wildman–Crippen LogP) is 2.53. The zero-order chi connectivity index (χ0) is 20.8. The van der Waals surface area contributed by atoms with E-state index in [4.69, 9.17) is 0 Å². The molecular formula is C21H21N5O3. The normalized spacial score (nSPS) is 11.0. The number of carbonyl (C=O) groups is 2. The molecule has 0 aliphatic rings. The Balaban J connectivity index is 1.81. The molecule has 2 aromatic carbocycles. The zero-order valence-corrected chi connectivity index (χ0v) is 16.2. The fourth-order valence-corrected chi connectivity index (χ4v) is 2.84. The summed E-state index contributed by atoms with van der Waals surface area (Å²) in [4.78, 5) is 36.2. The van der Waals surface area contributed by atoms with Crippen molar-refractivity contribution in [3.8, 4) is 0 Å². The highest BCUT2D eigenvalue weighted by Gasteiger charge is 2.15. The fraction of sp³-hybridized carbons (Fsp3) is 0.190. The van der Waals surface area contributed by atoms with Crippen LogP contribution in [-0.4, -0.2) is 27.8 Å². The number of nitrogens with one attached hydrogen (secondary N) is 2. The van der Waals surface area contributed by atoms with Gasteiger partial charge in [0.05, 0.1) is 11.6 Å². The standard InChI is InChI=1S/C21H21N5O3/c1-3-12-26-21(29)18-7-5-4-6-17(18)19(25-26)20(28)24-22-13-15-8-10-16(11-9-15)23-14(2)27/h4-11,13H,3,12H2,1-2H3,(H,23,27)(H,24,28)/b22-13-. The van der Waals surface area contributed by atoms with Gasteiger partial charge in [-0.15, -0.1) is 0 Å². The van der Waals surface area contributed by atoms with Gasteiger partial charge in [-0.2, -0.15) is 10.2 Å². The largest absolute Gasteiger partial charge is 0.326 e. The van der Waals surface area contributed by atoms with Gasteiger partial charge in [0.25, 0.3) is 11.5 Å². The predicted molar refractivity (Wildman–Crippen MR) is 112 cm³/mol. The molecule has 0 aliphatic heterocycles. The van der Waals surface area contributed by atoms with Crippen LogP contribution in [-0.2, 0) is 11.3 Å². The Morgan fingerprint density at radius 2 is 1.79 bits per heavy atom. The van der Waals surface area contributed by atoms with E-state index in [2.05, 4.69) is 20.9 Å². The molecule has 0 saturated heterocycles. The smallest absolute Gasteiger partial charge is 0.292 e. The summed E-state index contributed by atoms with van der Waals surface area (Å²) in [7, 11) is 0. The number of rotatable bonds is 6. The third-order valence-corrected chi connectivity index (χ3v) is 4.13. The number of aryl methyl sites for hydroxylation is 1. The van der Waals surface area contributed by atoms with Crippen molar-refractivity contribution < 1.29 is 9.59 Å². The lowest BCUT2D eigenvalue weighted by molar-refractivity contribution is -0.114. The molecule has 2 amide bonds. The van der Waals surface area contributed by atoms with Crippen LogP contribution >= 0.6 is 0 Å². The van der Waals surface area contributed by atoms with E-state index in [1.807, 2.05) is 6.92 Å². The lowest BCUT2D eigenvalue weighted by atomic mass is 10.1. The Morgan fingerprint density at radius 3 is 2.45 bits per heavy atom. The first-order valence-corrected chi connectivity index (χ1v) is 9.20. The van der Waals surface area contributed by atoms with Crippen LogP contribution in [0.25, 0.3) is 10.8 Å². The third-order valence-electron chi connectivity index (χ3n) is 4.13. The van der Waals surface area contributed by atoms with E-state index in [9.17, 15) is 14.4 Å². The minimum Gasteiger partial charge on any atom is -0.326 e. The van der Waals surface area contributed by atoms with E-state index in [1.54, 1.807) is 48.5 Å². The topological polar surface area (TPSA) is 105 Å². The summed E-state index contributed by atoms with van der Waals surface area (Å²) in [6, 6.07) is 13.9. The summed E-state index contributed by atoms with van der Waals surface area (Å²) in [6.07, 6.45) is 2.21. The molecule has 8 nitrogen and oxygen atoms in total. The van der Waals surface area contributed by atoms with E-state index in [0.29, 0.717) is 23.0 Å². The molecule has 3 rings (SSSR count).